The summed E-state index contributed by atoms with van der Waals surface area (Å²) in [4.78, 5) is 0. The van der Waals surface area contributed by atoms with Crippen LogP contribution in [-0.2, 0) is 5.41 Å². The van der Waals surface area contributed by atoms with Gasteiger partial charge in [-0.1, -0.05) is 26.8 Å². The third kappa shape index (κ3) is 1.69. The molecule has 1 heterocycles. The number of nitrogens with zero attached hydrogens (tertiary/aromatic N) is 1. The molecule has 3 heteroatoms. The van der Waals surface area contributed by atoms with Gasteiger partial charge in [-0.15, -0.1) is 0 Å². The Hall–Kier alpha value is -1.51. The maximum Gasteiger partial charge on any atom is 0.155 e. The first kappa shape index (κ1) is 10.0. The molecule has 1 aromatic carbocycles. The second-order valence-corrected chi connectivity index (χ2v) is 4.83. The van der Waals surface area contributed by atoms with Crippen LogP contribution in [0.3, 0.4) is 0 Å². The average molecular weight is 203 g/mol. The van der Waals surface area contributed by atoms with Crippen LogP contribution in [0.1, 0.15) is 26.3 Å². The number of hydrogen-bond donors (Lipinski definition) is 2. The Labute approximate surface area is 89.9 Å². The number of aromatic amines is 1. The van der Waals surface area contributed by atoms with Crippen LogP contribution < -0.4 is 5.32 Å². The molecule has 0 fully saturated rings. The lowest BCUT2D eigenvalue weighted by atomic mass is 9.87. The van der Waals surface area contributed by atoms with E-state index in [0.29, 0.717) is 0 Å². The summed E-state index contributed by atoms with van der Waals surface area (Å²) in [5.74, 6) is 0.908. The van der Waals surface area contributed by atoms with Gasteiger partial charge in [0.25, 0.3) is 0 Å². The van der Waals surface area contributed by atoms with Crippen LogP contribution in [0.2, 0.25) is 0 Å². The van der Waals surface area contributed by atoms with Gasteiger partial charge in [0.2, 0.25) is 0 Å². The average Bonchev–Trinajstić information content (AvgIpc) is 2.58. The van der Waals surface area contributed by atoms with Crippen molar-refractivity contribution in [2.24, 2.45) is 0 Å². The topological polar surface area (TPSA) is 40.7 Å². The van der Waals surface area contributed by atoms with E-state index in [4.69, 9.17) is 0 Å². The Balaban J connectivity index is 2.58. The highest BCUT2D eigenvalue weighted by atomic mass is 15.2. The third-order valence-electron chi connectivity index (χ3n) is 2.67. The number of nitrogens with one attached hydrogen (secondary N) is 2. The number of benzene rings is 1. The molecule has 80 valence electrons. The second-order valence-electron chi connectivity index (χ2n) is 4.83. The molecule has 0 aliphatic carbocycles. The fourth-order valence-corrected chi connectivity index (χ4v) is 1.68. The van der Waals surface area contributed by atoms with E-state index in [1.165, 1.54) is 5.56 Å². The number of fused-ring (bicyclic) bond motifs is 1. The van der Waals surface area contributed by atoms with Gasteiger partial charge in [0, 0.05) is 12.4 Å². The molecule has 0 aliphatic heterocycles. The van der Waals surface area contributed by atoms with Crippen molar-refractivity contribution < 1.29 is 0 Å². The number of H-pyrrole nitrogens is 1. The van der Waals surface area contributed by atoms with E-state index >= 15 is 0 Å². The highest BCUT2D eigenvalue weighted by molar-refractivity contribution is 5.90. The van der Waals surface area contributed by atoms with Crippen molar-refractivity contribution in [2.45, 2.75) is 26.2 Å². The zero-order valence-corrected chi connectivity index (χ0v) is 9.68. The summed E-state index contributed by atoms with van der Waals surface area (Å²) in [5.41, 5.74) is 2.59. The fourth-order valence-electron chi connectivity index (χ4n) is 1.68. The molecule has 0 saturated carbocycles. The first-order valence-electron chi connectivity index (χ1n) is 5.19. The zero-order valence-electron chi connectivity index (χ0n) is 9.68. The van der Waals surface area contributed by atoms with Crippen molar-refractivity contribution in [3.8, 4) is 0 Å². The molecule has 3 nitrogen and oxygen atoms in total. The standard InChI is InChI=1S/C12H17N3/c1-12(2,3)8-5-6-9-10(7-8)14-15-11(9)13-4/h5-7H,1-4H3,(H2,13,14,15). The van der Waals surface area contributed by atoms with Gasteiger partial charge in [-0.3, -0.25) is 5.10 Å². The minimum absolute atomic E-state index is 0.180. The minimum atomic E-state index is 0.180. The third-order valence-corrected chi connectivity index (χ3v) is 2.67. The predicted octanol–water partition coefficient (Wildman–Crippen LogP) is 2.90. The fraction of sp³-hybridized carbons (Fsp3) is 0.417. The highest BCUT2D eigenvalue weighted by Gasteiger charge is 2.14. The summed E-state index contributed by atoms with van der Waals surface area (Å²) in [5, 5.41) is 11.4. The van der Waals surface area contributed by atoms with Gasteiger partial charge in [-0.2, -0.15) is 5.10 Å². The molecule has 15 heavy (non-hydrogen) atoms. The molecule has 2 aromatic rings. The number of aromatic nitrogens is 2. The Kier molecular flexibility index (Phi) is 2.18. The molecule has 0 spiro atoms. The molecule has 0 radical (unpaired) electrons. The van der Waals surface area contributed by atoms with Crippen LogP contribution >= 0.6 is 0 Å². The first-order chi connectivity index (χ1) is 7.02. The van der Waals surface area contributed by atoms with Crippen LogP contribution in [0.25, 0.3) is 10.9 Å². The lowest BCUT2D eigenvalue weighted by Gasteiger charge is -2.18. The summed E-state index contributed by atoms with van der Waals surface area (Å²) in [6.45, 7) is 6.64. The quantitative estimate of drug-likeness (QED) is 0.748. The Morgan fingerprint density at radius 2 is 2.00 bits per heavy atom. The monoisotopic (exact) mass is 203 g/mol. The van der Waals surface area contributed by atoms with Crippen molar-refractivity contribution in [3.05, 3.63) is 23.8 Å². The van der Waals surface area contributed by atoms with Crippen LogP contribution in [0, 0.1) is 0 Å². The Morgan fingerprint density at radius 3 is 2.60 bits per heavy atom. The lowest BCUT2D eigenvalue weighted by Crippen LogP contribution is -2.10. The van der Waals surface area contributed by atoms with Gasteiger partial charge in [0.05, 0.1) is 5.52 Å². The Bertz CT molecular complexity index is 477. The van der Waals surface area contributed by atoms with Crippen LogP contribution in [0.5, 0.6) is 0 Å². The first-order valence-corrected chi connectivity index (χ1v) is 5.19. The molecule has 2 rings (SSSR count). The summed E-state index contributed by atoms with van der Waals surface area (Å²) >= 11 is 0. The van der Waals surface area contributed by atoms with Gasteiger partial charge >= 0.3 is 0 Å². The Morgan fingerprint density at radius 1 is 1.27 bits per heavy atom. The number of hydrogen-bond acceptors (Lipinski definition) is 2. The summed E-state index contributed by atoms with van der Waals surface area (Å²) in [6, 6.07) is 6.45. The second kappa shape index (κ2) is 3.26. The van der Waals surface area contributed by atoms with Gasteiger partial charge < -0.3 is 5.32 Å². The van der Waals surface area contributed by atoms with E-state index in [1.807, 2.05) is 7.05 Å². The van der Waals surface area contributed by atoms with Crippen molar-refractivity contribution in [2.75, 3.05) is 12.4 Å². The van der Waals surface area contributed by atoms with Gasteiger partial charge in [0.15, 0.2) is 5.82 Å². The van der Waals surface area contributed by atoms with Crippen LogP contribution in [-0.4, -0.2) is 17.2 Å². The summed E-state index contributed by atoms with van der Waals surface area (Å²) in [6.07, 6.45) is 0. The molecule has 1 aromatic heterocycles. The minimum Gasteiger partial charge on any atom is -0.371 e. The molecule has 2 N–H and O–H groups in total. The van der Waals surface area contributed by atoms with E-state index in [-0.39, 0.29) is 5.41 Å². The zero-order chi connectivity index (χ0) is 11.1. The van der Waals surface area contributed by atoms with Crippen LogP contribution in [0.4, 0.5) is 5.82 Å². The normalized spacial score (nSPS) is 12.0. The smallest absolute Gasteiger partial charge is 0.155 e. The molecule has 0 aliphatic rings. The number of rotatable bonds is 1. The predicted molar refractivity (Wildman–Crippen MR) is 64.3 cm³/mol. The van der Waals surface area contributed by atoms with Crippen molar-refractivity contribution in [3.63, 3.8) is 0 Å². The molecular weight excluding hydrogens is 186 g/mol. The summed E-state index contributed by atoms with van der Waals surface area (Å²) in [7, 11) is 1.88. The molecular formula is C12H17N3. The van der Waals surface area contributed by atoms with Gasteiger partial charge in [-0.05, 0) is 23.1 Å². The van der Waals surface area contributed by atoms with Gasteiger partial charge in [0.1, 0.15) is 0 Å². The SMILES string of the molecule is CNc1n[nH]c2cc(C(C)(C)C)ccc12. The van der Waals surface area contributed by atoms with Gasteiger partial charge in [-0.25, -0.2) is 0 Å². The maximum atomic E-state index is 4.20. The molecule has 0 saturated heterocycles. The van der Waals surface area contributed by atoms with Crippen molar-refractivity contribution >= 4 is 16.7 Å². The van der Waals surface area contributed by atoms with E-state index in [0.717, 1.165) is 16.7 Å². The molecule has 0 amide bonds. The molecule has 0 atom stereocenters. The maximum absolute atomic E-state index is 4.20. The van der Waals surface area contributed by atoms with E-state index in [9.17, 15) is 0 Å². The van der Waals surface area contributed by atoms with E-state index in [2.05, 4.69) is 54.5 Å². The lowest BCUT2D eigenvalue weighted by molar-refractivity contribution is 0.591. The van der Waals surface area contributed by atoms with Crippen LogP contribution in [0.15, 0.2) is 18.2 Å². The van der Waals surface area contributed by atoms with Crippen molar-refractivity contribution in [1.29, 1.82) is 0 Å². The number of anilines is 1. The van der Waals surface area contributed by atoms with E-state index in [1.54, 1.807) is 0 Å². The molecule has 0 bridgehead atoms. The largest absolute Gasteiger partial charge is 0.371 e. The molecule has 0 unspecified atom stereocenters. The summed E-state index contributed by atoms with van der Waals surface area (Å²) < 4.78 is 0. The van der Waals surface area contributed by atoms with Crippen molar-refractivity contribution in [1.82, 2.24) is 10.2 Å². The highest BCUT2D eigenvalue weighted by Crippen LogP contribution is 2.27. The van der Waals surface area contributed by atoms with E-state index < -0.39 is 0 Å².